The Kier molecular flexibility index (Phi) is 8.05. The van der Waals surface area contributed by atoms with Crippen molar-refractivity contribution in [2.75, 3.05) is 33.4 Å². The van der Waals surface area contributed by atoms with Gasteiger partial charge in [0.25, 0.3) is 0 Å². The monoisotopic (exact) mass is 374 g/mol. The third kappa shape index (κ3) is 6.20. The van der Waals surface area contributed by atoms with Crippen LogP contribution in [0.1, 0.15) is 25.0 Å². The zero-order valence-corrected chi connectivity index (χ0v) is 15.1. The number of rotatable bonds is 7. The van der Waals surface area contributed by atoms with Crippen LogP contribution in [0.4, 0.5) is 4.39 Å². The van der Waals surface area contributed by atoms with E-state index in [4.69, 9.17) is 25.9 Å². The molecule has 0 saturated carbocycles. The molecular formula is C17H24ClFN2O4. The normalized spacial score (nSPS) is 22.2. The quantitative estimate of drug-likeness (QED) is 0.716. The number of halogens is 2. The Bertz CT molecular complexity index is 576. The van der Waals surface area contributed by atoms with Crippen LogP contribution in [0.25, 0.3) is 0 Å². The van der Waals surface area contributed by atoms with Crippen molar-refractivity contribution in [3.8, 4) is 0 Å². The van der Waals surface area contributed by atoms with Crippen LogP contribution in [-0.4, -0.2) is 45.4 Å². The van der Waals surface area contributed by atoms with Gasteiger partial charge >= 0.3 is 0 Å². The van der Waals surface area contributed by atoms with Crippen LogP contribution in [0.5, 0.6) is 0 Å². The lowest BCUT2D eigenvalue weighted by Crippen LogP contribution is -2.35. The van der Waals surface area contributed by atoms with E-state index < -0.39 is 5.82 Å². The lowest BCUT2D eigenvalue weighted by atomic mass is 9.90. The van der Waals surface area contributed by atoms with Gasteiger partial charge in [-0.15, -0.1) is 0 Å². The molecule has 0 radical (unpaired) electrons. The molecule has 2 rings (SSSR count). The molecule has 1 unspecified atom stereocenters. The van der Waals surface area contributed by atoms with Gasteiger partial charge in [-0.1, -0.05) is 17.7 Å². The standard InChI is InChI=1S/C17H24ClFN2O4/c1-11(22)21-25-14(10-23-2)7-13-9-20-5-6-24-17(13)12-3-4-15(18)16(19)8-12/h3-4,8,13-14,17,20H,5-7,9-10H2,1-2H3,(H,21,22)/t13-,14?,17-/m0/s1. The minimum Gasteiger partial charge on any atom is -0.382 e. The molecule has 0 spiro atoms. The zero-order chi connectivity index (χ0) is 18.2. The molecule has 1 saturated heterocycles. The number of hydrogen-bond donors (Lipinski definition) is 2. The summed E-state index contributed by atoms with van der Waals surface area (Å²) in [5.41, 5.74) is 3.08. The van der Waals surface area contributed by atoms with Gasteiger partial charge < -0.3 is 14.8 Å². The van der Waals surface area contributed by atoms with E-state index in [1.165, 1.54) is 19.1 Å². The summed E-state index contributed by atoms with van der Waals surface area (Å²) < 4.78 is 25.0. The Hall–Kier alpha value is -1.25. The first kappa shape index (κ1) is 20.1. The lowest BCUT2D eigenvalue weighted by Gasteiger charge is -2.28. The van der Waals surface area contributed by atoms with Crippen LogP contribution in [0, 0.1) is 11.7 Å². The van der Waals surface area contributed by atoms with Crippen molar-refractivity contribution in [2.24, 2.45) is 5.92 Å². The van der Waals surface area contributed by atoms with Crippen molar-refractivity contribution < 1.29 is 23.5 Å². The highest BCUT2D eigenvalue weighted by Gasteiger charge is 2.30. The van der Waals surface area contributed by atoms with Crippen molar-refractivity contribution in [1.29, 1.82) is 0 Å². The maximum atomic E-state index is 13.9. The van der Waals surface area contributed by atoms with Gasteiger partial charge in [0.2, 0.25) is 5.91 Å². The van der Waals surface area contributed by atoms with Crippen LogP contribution < -0.4 is 10.8 Å². The van der Waals surface area contributed by atoms with Crippen molar-refractivity contribution in [2.45, 2.75) is 25.6 Å². The van der Waals surface area contributed by atoms with E-state index in [2.05, 4.69) is 10.8 Å². The van der Waals surface area contributed by atoms with Crippen LogP contribution in [0.15, 0.2) is 18.2 Å². The highest BCUT2D eigenvalue weighted by Crippen LogP contribution is 2.32. The maximum Gasteiger partial charge on any atom is 0.240 e. The van der Waals surface area contributed by atoms with E-state index in [-0.39, 0.29) is 29.1 Å². The third-order valence-corrected chi connectivity index (χ3v) is 4.28. The fourth-order valence-corrected chi connectivity index (χ4v) is 3.01. The number of hydroxylamine groups is 1. The summed E-state index contributed by atoms with van der Waals surface area (Å²) in [5, 5.41) is 3.39. The third-order valence-electron chi connectivity index (χ3n) is 3.97. The summed E-state index contributed by atoms with van der Waals surface area (Å²) in [6, 6.07) is 4.71. The SMILES string of the molecule is COCC(C[C@H]1CNCCO[C@H]1c1ccc(Cl)c(F)c1)ONC(C)=O. The molecule has 0 bridgehead atoms. The number of ether oxygens (including phenoxy) is 2. The van der Waals surface area contributed by atoms with Gasteiger partial charge in [-0.2, -0.15) is 0 Å². The molecule has 140 valence electrons. The summed E-state index contributed by atoms with van der Waals surface area (Å²) in [7, 11) is 1.57. The summed E-state index contributed by atoms with van der Waals surface area (Å²) in [6.45, 7) is 3.61. The lowest BCUT2D eigenvalue weighted by molar-refractivity contribution is -0.141. The van der Waals surface area contributed by atoms with E-state index in [1.807, 2.05) is 0 Å². The zero-order valence-electron chi connectivity index (χ0n) is 14.4. The molecule has 0 aliphatic carbocycles. The molecule has 3 atom stereocenters. The van der Waals surface area contributed by atoms with Gasteiger partial charge in [0.05, 0.1) is 24.3 Å². The first-order valence-corrected chi connectivity index (χ1v) is 8.57. The summed E-state index contributed by atoms with van der Waals surface area (Å²) in [6.07, 6.45) is -0.0835. The summed E-state index contributed by atoms with van der Waals surface area (Å²) in [5.74, 6) is -0.744. The smallest absolute Gasteiger partial charge is 0.240 e. The molecule has 2 N–H and O–H groups in total. The largest absolute Gasteiger partial charge is 0.382 e. The Morgan fingerprint density at radius 2 is 2.36 bits per heavy atom. The maximum absolute atomic E-state index is 13.9. The molecule has 1 aromatic carbocycles. The summed E-state index contributed by atoms with van der Waals surface area (Å²) in [4.78, 5) is 16.5. The second-order valence-electron chi connectivity index (χ2n) is 6.02. The Labute approximate surface area is 151 Å². The van der Waals surface area contributed by atoms with Crippen LogP contribution in [0.2, 0.25) is 5.02 Å². The van der Waals surface area contributed by atoms with E-state index in [1.54, 1.807) is 13.2 Å². The molecule has 1 amide bonds. The second-order valence-corrected chi connectivity index (χ2v) is 6.43. The van der Waals surface area contributed by atoms with Gasteiger partial charge in [0.15, 0.2) is 0 Å². The molecule has 1 aromatic rings. The minimum absolute atomic E-state index is 0.0111. The van der Waals surface area contributed by atoms with E-state index in [0.717, 1.165) is 5.56 Å². The molecule has 0 aromatic heterocycles. The number of methoxy groups -OCH3 is 1. The average Bonchev–Trinajstić information content (AvgIpc) is 2.81. The molecule has 1 heterocycles. The predicted molar refractivity (Wildman–Crippen MR) is 91.6 cm³/mol. The molecule has 8 heteroatoms. The van der Waals surface area contributed by atoms with E-state index in [9.17, 15) is 9.18 Å². The number of benzene rings is 1. The van der Waals surface area contributed by atoms with Crippen LogP contribution >= 0.6 is 11.6 Å². The first-order valence-electron chi connectivity index (χ1n) is 8.19. The first-order chi connectivity index (χ1) is 12.0. The minimum atomic E-state index is -0.471. The fourth-order valence-electron chi connectivity index (χ4n) is 2.89. The van der Waals surface area contributed by atoms with Gasteiger partial charge in [0.1, 0.15) is 11.9 Å². The van der Waals surface area contributed by atoms with Crippen molar-refractivity contribution in [3.63, 3.8) is 0 Å². The highest BCUT2D eigenvalue weighted by atomic mass is 35.5. The number of nitrogens with one attached hydrogen (secondary N) is 2. The topological polar surface area (TPSA) is 68.8 Å². The number of carbonyl (C=O) groups excluding carboxylic acids is 1. The van der Waals surface area contributed by atoms with Crippen molar-refractivity contribution in [1.82, 2.24) is 10.8 Å². The molecule has 6 nitrogen and oxygen atoms in total. The summed E-state index contributed by atoms with van der Waals surface area (Å²) >= 11 is 5.78. The van der Waals surface area contributed by atoms with Crippen molar-refractivity contribution in [3.05, 3.63) is 34.6 Å². The van der Waals surface area contributed by atoms with Gasteiger partial charge in [-0.25, -0.2) is 9.87 Å². The molecule has 25 heavy (non-hydrogen) atoms. The van der Waals surface area contributed by atoms with Crippen LogP contribution in [0.3, 0.4) is 0 Å². The highest BCUT2D eigenvalue weighted by molar-refractivity contribution is 6.30. The fraction of sp³-hybridized carbons (Fsp3) is 0.588. The van der Waals surface area contributed by atoms with Gasteiger partial charge in [0, 0.05) is 33.0 Å². The van der Waals surface area contributed by atoms with E-state index >= 15 is 0 Å². The van der Waals surface area contributed by atoms with Crippen LogP contribution in [-0.2, 0) is 19.1 Å². The molecule has 1 aliphatic heterocycles. The van der Waals surface area contributed by atoms with Crippen molar-refractivity contribution >= 4 is 17.5 Å². The van der Waals surface area contributed by atoms with Gasteiger partial charge in [-0.3, -0.25) is 9.63 Å². The Balaban J connectivity index is 2.14. The predicted octanol–water partition coefficient (Wildman–Crippen LogP) is 2.23. The molecular weight excluding hydrogens is 351 g/mol. The number of carbonyl (C=O) groups is 1. The number of hydrogen-bond acceptors (Lipinski definition) is 5. The van der Waals surface area contributed by atoms with Gasteiger partial charge in [-0.05, 0) is 24.1 Å². The number of amides is 1. The Morgan fingerprint density at radius 1 is 1.56 bits per heavy atom. The Morgan fingerprint density at radius 3 is 3.04 bits per heavy atom. The second kappa shape index (κ2) is 10.0. The molecule has 1 fully saturated rings. The molecule has 1 aliphatic rings. The van der Waals surface area contributed by atoms with E-state index in [0.29, 0.717) is 32.7 Å². The average molecular weight is 375 g/mol.